The summed E-state index contributed by atoms with van der Waals surface area (Å²) in [6.45, 7) is 3.84. The number of carbonyl (C=O) groups is 1. The summed E-state index contributed by atoms with van der Waals surface area (Å²) in [6, 6.07) is 9.14. The van der Waals surface area contributed by atoms with Gasteiger partial charge in [-0.05, 0) is 25.3 Å². The van der Waals surface area contributed by atoms with Crippen LogP contribution in [0.3, 0.4) is 0 Å². The van der Waals surface area contributed by atoms with Gasteiger partial charge < -0.3 is 10.5 Å². The minimum atomic E-state index is -0.573. The summed E-state index contributed by atoms with van der Waals surface area (Å²) in [5.74, 6) is -0.321. The van der Waals surface area contributed by atoms with Gasteiger partial charge >= 0.3 is 5.97 Å². The van der Waals surface area contributed by atoms with Crippen LogP contribution in [0.5, 0.6) is 0 Å². The van der Waals surface area contributed by atoms with Crippen molar-refractivity contribution in [1.29, 1.82) is 0 Å². The summed E-state index contributed by atoms with van der Waals surface area (Å²) in [6.07, 6.45) is 1.27. The minimum absolute atomic E-state index is 0.0608. The number of benzene rings is 1. The molecule has 0 aromatic heterocycles. The Morgan fingerprint density at radius 2 is 2.00 bits per heavy atom. The average Bonchev–Trinajstić information content (AvgIpc) is 2.30. The maximum absolute atomic E-state index is 11.6. The highest BCUT2D eigenvalue weighted by Gasteiger charge is 2.17. The second kappa shape index (κ2) is 6.28. The highest BCUT2D eigenvalue weighted by molar-refractivity contribution is 5.76. The van der Waals surface area contributed by atoms with E-state index < -0.39 is 6.04 Å². The standard InChI is InChI=1S/C13H19NO2/c1-3-10(2)16-13(15)12(14)9-11-7-5-4-6-8-11/h4-8,10,12H,3,9,14H2,1-2H3/t10-,12-/m0/s1. The van der Waals surface area contributed by atoms with E-state index in [9.17, 15) is 4.79 Å². The molecule has 88 valence electrons. The molecule has 0 aliphatic carbocycles. The summed E-state index contributed by atoms with van der Waals surface area (Å²) in [5, 5.41) is 0. The fourth-order valence-electron chi connectivity index (χ4n) is 1.32. The number of hydrogen-bond donors (Lipinski definition) is 1. The molecule has 1 aromatic rings. The SMILES string of the molecule is CC[C@H](C)OC(=O)[C@@H](N)Cc1ccccc1. The van der Waals surface area contributed by atoms with Gasteiger partial charge in [-0.15, -0.1) is 0 Å². The molecule has 0 aliphatic rings. The Kier molecular flexibility index (Phi) is 4.99. The van der Waals surface area contributed by atoms with Crippen LogP contribution in [0.25, 0.3) is 0 Å². The highest BCUT2D eigenvalue weighted by Crippen LogP contribution is 2.05. The maximum Gasteiger partial charge on any atom is 0.323 e. The van der Waals surface area contributed by atoms with E-state index in [4.69, 9.17) is 10.5 Å². The topological polar surface area (TPSA) is 52.3 Å². The van der Waals surface area contributed by atoms with Gasteiger partial charge in [0.05, 0.1) is 6.10 Å². The molecule has 3 heteroatoms. The molecule has 3 nitrogen and oxygen atoms in total. The van der Waals surface area contributed by atoms with Crippen LogP contribution in [0, 0.1) is 0 Å². The van der Waals surface area contributed by atoms with Crippen LogP contribution in [0.4, 0.5) is 0 Å². The van der Waals surface area contributed by atoms with E-state index in [-0.39, 0.29) is 12.1 Å². The molecule has 0 unspecified atom stereocenters. The summed E-state index contributed by atoms with van der Waals surface area (Å²) in [7, 11) is 0. The third kappa shape index (κ3) is 4.03. The molecule has 0 aliphatic heterocycles. The molecule has 0 spiro atoms. The first-order valence-electron chi connectivity index (χ1n) is 5.63. The Labute approximate surface area is 96.6 Å². The van der Waals surface area contributed by atoms with Crippen LogP contribution in [0.2, 0.25) is 0 Å². The van der Waals surface area contributed by atoms with Crippen LogP contribution in [-0.4, -0.2) is 18.1 Å². The molecule has 0 fully saturated rings. The number of carbonyl (C=O) groups excluding carboxylic acids is 1. The molecule has 0 heterocycles. The molecule has 16 heavy (non-hydrogen) atoms. The Morgan fingerprint density at radius 1 is 1.38 bits per heavy atom. The van der Waals surface area contributed by atoms with E-state index in [1.54, 1.807) is 0 Å². The first-order chi connectivity index (χ1) is 7.63. The molecular weight excluding hydrogens is 202 g/mol. The first-order valence-corrected chi connectivity index (χ1v) is 5.63. The summed E-state index contributed by atoms with van der Waals surface area (Å²) in [4.78, 5) is 11.6. The maximum atomic E-state index is 11.6. The van der Waals surface area contributed by atoms with Gasteiger partial charge in [0.15, 0.2) is 0 Å². The molecular formula is C13H19NO2. The van der Waals surface area contributed by atoms with Crippen molar-refractivity contribution in [1.82, 2.24) is 0 Å². The smallest absolute Gasteiger partial charge is 0.323 e. The van der Waals surface area contributed by atoms with Crippen molar-refractivity contribution in [2.75, 3.05) is 0 Å². The van der Waals surface area contributed by atoms with Crippen molar-refractivity contribution in [2.24, 2.45) is 5.73 Å². The fourth-order valence-corrected chi connectivity index (χ4v) is 1.32. The zero-order valence-electron chi connectivity index (χ0n) is 9.85. The second-order valence-corrected chi connectivity index (χ2v) is 3.95. The number of rotatable bonds is 5. The van der Waals surface area contributed by atoms with E-state index in [2.05, 4.69) is 0 Å². The number of nitrogens with two attached hydrogens (primary N) is 1. The van der Waals surface area contributed by atoms with Gasteiger partial charge in [0, 0.05) is 0 Å². The molecule has 0 bridgehead atoms. The third-order valence-corrected chi connectivity index (χ3v) is 2.49. The van der Waals surface area contributed by atoms with Crippen molar-refractivity contribution >= 4 is 5.97 Å². The van der Waals surface area contributed by atoms with Crippen LogP contribution < -0.4 is 5.73 Å². The van der Waals surface area contributed by atoms with Gasteiger partial charge in [-0.25, -0.2) is 0 Å². The van der Waals surface area contributed by atoms with Crippen LogP contribution in [0.1, 0.15) is 25.8 Å². The van der Waals surface area contributed by atoms with Gasteiger partial charge in [0.25, 0.3) is 0 Å². The summed E-state index contributed by atoms with van der Waals surface area (Å²) < 4.78 is 5.17. The zero-order valence-corrected chi connectivity index (χ0v) is 9.85. The molecule has 1 rings (SSSR count). The average molecular weight is 221 g/mol. The quantitative estimate of drug-likeness (QED) is 0.773. The monoisotopic (exact) mass is 221 g/mol. The van der Waals surface area contributed by atoms with Crippen molar-refractivity contribution in [3.8, 4) is 0 Å². The van der Waals surface area contributed by atoms with Crippen LogP contribution in [0.15, 0.2) is 30.3 Å². The van der Waals surface area contributed by atoms with E-state index in [1.165, 1.54) is 0 Å². The lowest BCUT2D eigenvalue weighted by Gasteiger charge is -2.15. The molecule has 2 N–H and O–H groups in total. The minimum Gasteiger partial charge on any atom is -0.462 e. The summed E-state index contributed by atoms with van der Waals surface area (Å²) >= 11 is 0. The fraction of sp³-hybridized carbons (Fsp3) is 0.462. The number of ether oxygens (including phenoxy) is 1. The van der Waals surface area contributed by atoms with Crippen molar-refractivity contribution in [3.63, 3.8) is 0 Å². The van der Waals surface area contributed by atoms with Gasteiger partial charge in [-0.2, -0.15) is 0 Å². The van der Waals surface area contributed by atoms with Crippen LogP contribution >= 0.6 is 0 Å². The van der Waals surface area contributed by atoms with Gasteiger partial charge in [0.1, 0.15) is 6.04 Å². The second-order valence-electron chi connectivity index (χ2n) is 3.95. The van der Waals surface area contributed by atoms with E-state index >= 15 is 0 Å². The zero-order chi connectivity index (χ0) is 12.0. The molecule has 0 amide bonds. The van der Waals surface area contributed by atoms with Crippen molar-refractivity contribution < 1.29 is 9.53 Å². The van der Waals surface area contributed by atoms with E-state index in [0.717, 1.165) is 12.0 Å². The Morgan fingerprint density at radius 3 is 2.56 bits per heavy atom. The van der Waals surface area contributed by atoms with E-state index in [1.807, 2.05) is 44.2 Å². The lowest BCUT2D eigenvalue weighted by atomic mass is 10.1. The molecule has 0 saturated carbocycles. The van der Waals surface area contributed by atoms with Crippen molar-refractivity contribution in [3.05, 3.63) is 35.9 Å². The Hall–Kier alpha value is -1.35. The van der Waals surface area contributed by atoms with Gasteiger partial charge in [0.2, 0.25) is 0 Å². The number of hydrogen-bond acceptors (Lipinski definition) is 3. The Bertz CT molecular complexity index is 324. The predicted molar refractivity (Wildman–Crippen MR) is 64.0 cm³/mol. The van der Waals surface area contributed by atoms with Crippen LogP contribution in [-0.2, 0) is 16.0 Å². The van der Waals surface area contributed by atoms with Gasteiger partial charge in [-0.3, -0.25) is 4.79 Å². The molecule has 2 atom stereocenters. The first kappa shape index (κ1) is 12.7. The number of esters is 1. The largest absolute Gasteiger partial charge is 0.462 e. The molecule has 0 radical (unpaired) electrons. The lowest BCUT2D eigenvalue weighted by Crippen LogP contribution is -2.36. The predicted octanol–water partition coefficient (Wildman–Crippen LogP) is 1.90. The third-order valence-electron chi connectivity index (χ3n) is 2.49. The molecule has 1 aromatic carbocycles. The molecule has 0 saturated heterocycles. The normalized spacial score (nSPS) is 14.2. The highest BCUT2D eigenvalue weighted by atomic mass is 16.5. The van der Waals surface area contributed by atoms with Crippen molar-refractivity contribution in [2.45, 2.75) is 38.8 Å². The summed E-state index contributed by atoms with van der Waals surface area (Å²) in [5.41, 5.74) is 6.83. The van der Waals surface area contributed by atoms with Gasteiger partial charge in [-0.1, -0.05) is 37.3 Å². The Balaban J connectivity index is 2.46. The lowest BCUT2D eigenvalue weighted by molar-refractivity contribution is -0.149. The van der Waals surface area contributed by atoms with E-state index in [0.29, 0.717) is 6.42 Å².